The molecule has 0 aliphatic heterocycles. The van der Waals surface area contributed by atoms with Gasteiger partial charge in [-0.05, 0) is 24.4 Å². The molecule has 1 rings (SSSR count). The van der Waals surface area contributed by atoms with Crippen molar-refractivity contribution >= 4 is 23.3 Å². The van der Waals surface area contributed by atoms with Crippen molar-refractivity contribution in [1.82, 2.24) is 15.2 Å². The van der Waals surface area contributed by atoms with Gasteiger partial charge in [-0.3, -0.25) is 4.98 Å². The molecule has 6 heteroatoms. The van der Waals surface area contributed by atoms with Crippen molar-refractivity contribution in [2.45, 2.75) is 6.42 Å². The Morgan fingerprint density at radius 1 is 1.53 bits per heavy atom. The van der Waals surface area contributed by atoms with E-state index in [1.807, 2.05) is 32.3 Å². The van der Waals surface area contributed by atoms with Gasteiger partial charge in [0.25, 0.3) is 0 Å². The Labute approximate surface area is 107 Å². The van der Waals surface area contributed by atoms with Crippen LogP contribution >= 0.6 is 12.2 Å². The number of aliphatic imine (C=N–C) groups is 1. The molecule has 0 radical (unpaired) electrons. The quantitative estimate of drug-likeness (QED) is 0.462. The van der Waals surface area contributed by atoms with E-state index in [1.165, 1.54) is 0 Å². The molecule has 3 N–H and O–H groups in total. The van der Waals surface area contributed by atoms with Crippen LogP contribution in [0.25, 0.3) is 0 Å². The van der Waals surface area contributed by atoms with Crippen molar-refractivity contribution in [3.05, 3.63) is 30.1 Å². The van der Waals surface area contributed by atoms with Crippen molar-refractivity contribution in [3.8, 4) is 0 Å². The van der Waals surface area contributed by atoms with Crippen LogP contribution in [0.3, 0.4) is 0 Å². The zero-order valence-electron chi connectivity index (χ0n) is 10.1. The van der Waals surface area contributed by atoms with Crippen LogP contribution in [-0.4, -0.2) is 41.6 Å². The molecule has 0 spiro atoms. The van der Waals surface area contributed by atoms with Crippen LogP contribution in [0.1, 0.15) is 5.69 Å². The van der Waals surface area contributed by atoms with Crippen molar-refractivity contribution < 1.29 is 0 Å². The standard InChI is InChI=1S/C11H17N5S/c1-16(2)10(12)15-11(17)14-8-6-9-5-3-4-7-13-9/h3-5,7H,6,8H2,1-2H3,(H3,12,14,15,17). The highest BCUT2D eigenvalue weighted by atomic mass is 32.1. The first-order valence-corrected chi connectivity index (χ1v) is 5.69. The lowest BCUT2D eigenvalue weighted by Crippen LogP contribution is -2.33. The van der Waals surface area contributed by atoms with Crippen LogP contribution in [0.2, 0.25) is 0 Å². The van der Waals surface area contributed by atoms with Gasteiger partial charge in [-0.1, -0.05) is 6.07 Å². The lowest BCUT2D eigenvalue weighted by molar-refractivity contribution is 0.615. The van der Waals surface area contributed by atoms with Crippen LogP contribution < -0.4 is 11.1 Å². The van der Waals surface area contributed by atoms with Crippen LogP contribution in [-0.2, 0) is 6.42 Å². The number of nitrogens with zero attached hydrogens (tertiary/aromatic N) is 3. The molecule has 0 unspecified atom stereocenters. The molecule has 1 aromatic heterocycles. The number of nitrogens with one attached hydrogen (secondary N) is 1. The van der Waals surface area contributed by atoms with E-state index >= 15 is 0 Å². The number of thiocarbonyl (C=S) groups is 1. The number of hydrogen-bond donors (Lipinski definition) is 2. The highest BCUT2D eigenvalue weighted by molar-refractivity contribution is 7.80. The predicted molar refractivity (Wildman–Crippen MR) is 73.9 cm³/mol. The van der Waals surface area contributed by atoms with Gasteiger partial charge in [0, 0.05) is 39.0 Å². The molecule has 17 heavy (non-hydrogen) atoms. The fourth-order valence-electron chi connectivity index (χ4n) is 1.09. The topological polar surface area (TPSA) is 66.5 Å². The minimum atomic E-state index is 0.389. The molecule has 1 aromatic rings. The van der Waals surface area contributed by atoms with E-state index in [1.54, 1.807) is 11.1 Å². The number of rotatable bonds is 3. The molecule has 0 aliphatic rings. The van der Waals surface area contributed by atoms with Crippen LogP contribution in [0.15, 0.2) is 29.4 Å². The van der Waals surface area contributed by atoms with Gasteiger partial charge >= 0.3 is 0 Å². The zero-order chi connectivity index (χ0) is 12.7. The first-order chi connectivity index (χ1) is 8.09. The minimum absolute atomic E-state index is 0.389. The Balaban J connectivity index is 2.32. The minimum Gasteiger partial charge on any atom is -0.369 e. The summed E-state index contributed by atoms with van der Waals surface area (Å²) in [6.45, 7) is 0.694. The highest BCUT2D eigenvalue weighted by Crippen LogP contribution is 1.93. The Hall–Kier alpha value is -1.69. The lowest BCUT2D eigenvalue weighted by Gasteiger charge is -2.11. The zero-order valence-corrected chi connectivity index (χ0v) is 10.9. The Kier molecular flexibility index (Phi) is 5.35. The van der Waals surface area contributed by atoms with Gasteiger partial charge in [-0.15, -0.1) is 0 Å². The molecule has 0 aliphatic carbocycles. The maximum absolute atomic E-state index is 5.64. The Morgan fingerprint density at radius 3 is 2.88 bits per heavy atom. The molecule has 0 saturated carbocycles. The SMILES string of the molecule is CN(C)C(N)=NC(=S)NCCc1ccccn1. The van der Waals surface area contributed by atoms with E-state index in [0.29, 0.717) is 17.6 Å². The van der Waals surface area contributed by atoms with Gasteiger partial charge in [0.15, 0.2) is 11.1 Å². The predicted octanol–water partition coefficient (Wildman–Crippen LogP) is 0.375. The van der Waals surface area contributed by atoms with Crippen molar-refractivity contribution in [2.24, 2.45) is 10.7 Å². The third-order valence-electron chi connectivity index (χ3n) is 2.06. The highest BCUT2D eigenvalue weighted by Gasteiger charge is 1.98. The summed E-state index contributed by atoms with van der Waals surface area (Å²) in [7, 11) is 3.63. The average molecular weight is 251 g/mol. The van der Waals surface area contributed by atoms with Crippen LogP contribution in [0, 0.1) is 0 Å². The van der Waals surface area contributed by atoms with Crippen LogP contribution in [0.5, 0.6) is 0 Å². The number of nitrogens with two attached hydrogens (primary N) is 1. The molecule has 1 heterocycles. The largest absolute Gasteiger partial charge is 0.369 e. The fourth-order valence-corrected chi connectivity index (χ4v) is 1.28. The maximum atomic E-state index is 5.64. The van der Waals surface area contributed by atoms with E-state index < -0.39 is 0 Å². The molecule has 5 nitrogen and oxygen atoms in total. The van der Waals surface area contributed by atoms with Gasteiger partial charge < -0.3 is 16.0 Å². The van der Waals surface area contributed by atoms with E-state index in [9.17, 15) is 0 Å². The smallest absolute Gasteiger partial charge is 0.198 e. The second kappa shape index (κ2) is 6.80. The summed E-state index contributed by atoms with van der Waals surface area (Å²) in [6, 6.07) is 5.83. The first kappa shape index (κ1) is 13.4. The molecule has 0 bridgehead atoms. The molecule has 0 aromatic carbocycles. The van der Waals surface area contributed by atoms with Gasteiger partial charge in [0.05, 0.1) is 0 Å². The third-order valence-corrected chi connectivity index (χ3v) is 2.29. The number of hydrogen-bond acceptors (Lipinski definition) is 2. The average Bonchev–Trinajstić information content (AvgIpc) is 2.30. The van der Waals surface area contributed by atoms with Crippen molar-refractivity contribution in [1.29, 1.82) is 0 Å². The Bertz CT molecular complexity index is 388. The molecule has 0 fully saturated rings. The lowest BCUT2D eigenvalue weighted by atomic mass is 10.3. The fraction of sp³-hybridized carbons (Fsp3) is 0.364. The molecule has 0 saturated heterocycles. The van der Waals surface area contributed by atoms with Crippen LogP contribution in [0.4, 0.5) is 0 Å². The summed E-state index contributed by atoms with van der Waals surface area (Å²) >= 11 is 5.04. The summed E-state index contributed by atoms with van der Waals surface area (Å²) in [5.74, 6) is 0.389. The van der Waals surface area contributed by atoms with Gasteiger partial charge in [0.1, 0.15) is 0 Å². The second-order valence-corrected chi connectivity index (χ2v) is 4.05. The van der Waals surface area contributed by atoms with E-state index in [0.717, 1.165) is 12.1 Å². The summed E-state index contributed by atoms with van der Waals surface area (Å²) in [6.07, 6.45) is 2.58. The number of aromatic nitrogens is 1. The summed E-state index contributed by atoms with van der Waals surface area (Å²) < 4.78 is 0. The van der Waals surface area contributed by atoms with Crippen molar-refractivity contribution in [3.63, 3.8) is 0 Å². The van der Waals surface area contributed by atoms with E-state index in [2.05, 4.69) is 15.3 Å². The number of guanidine groups is 1. The second-order valence-electron chi connectivity index (χ2n) is 3.67. The molecular weight excluding hydrogens is 234 g/mol. The normalized spacial score (nSPS) is 11.1. The molecule has 92 valence electrons. The molecule has 0 atom stereocenters. The van der Waals surface area contributed by atoms with Crippen molar-refractivity contribution in [2.75, 3.05) is 20.6 Å². The summed E-state index contributed by atoms with van der Waals surface area (Å²) in [5.41, 5.74) is 6.66. The first-order valence-electron chi connectivity index (χ1n) is 5.29. The van der Waals surface area contributed by atoms with Gasteiger partial charge in [-0.2, -0.15) is 4.99 Å². The molecular formula is C11H17N5S. The third kappa shape index (κ3) is 5.26. The monoisotopic (exact) mass is 251 g/mol. The van der Waals surface area contributed by atoms with Gasteiger partial charge in [-0.25, -0.2) is 0 Å². The number of pyridine rings is 1. The molecule has 0 amide bonds. The summed E-state index contributed by atoms with van der Waals surface area (Å²) in [4.78, 5) is 9.94. The van der Waals surface area contributed by atoms with Gasteiger partial charge in [0.2, 0.25) is 0 Å². The summed E-state index contributed by atoms with van der Waals surface area (Å²) in [5, 5.41) is 3.41. The Morgan fingerprint density at radius 2 is 2.29 bits per heavy atom. The maximum Gasteiger partial charge on any atom is 0.198 e. The van der Waals surface area contributed by atoms with E-state index in [-0.39, 0.29) is 0 Å². The van der Waals surface area contributed by atoms with E-state index in [4.69, 9.17) is 18.0 Å².